The fraction of sp³-hybridized carbons (Fsp3) is 0.400. The van der Waals surface area contributed by atoms with E-state index < -0.39 is 5.60 Å². The van der Waals surface area contributed by atoms with Gasteiger partial charge in [-0.3, -0.25) is 4.98 Å². The van der Waals surface area contributed by atoms with Crippen molar-refractivity contribution < 1.29 is 9.53 Å². The van der Waals surface area contributed by atoms with Crippen molar-refractivity contribution in [2.75, 3.05) is 13.1 Å². The van der Waals surface area contributed by atoms with Gasteiger partial charge in [0.05, 0.1) is 11.0 Å². The first-order chi connectivity index (χ1) is 13.2. The fourth-order valence-corrected chi connectivity index (χ4v) is 3.10. The number of allylic oxidation sites excluding steroid dienone is 1. The molecule has 0 spiro atoms. The highest BCUT2D eigenvalue weighted by Crippen LogP contribution is 2.19. The molecule has 2 aromatic rings. The van der Waals surface area contributed by atoms with Gasteiger partial charge in [-0.1, -0.05) is 11.6 Å². The lowest BCUT2D eigenvalue weighted by atomic mass is 10.1. The zero-order valence-electron chi connectivity index (χ0n) is 16.2. The van der Waals surface area contributed by atoms with Crippen LogP contribution in [0.15, 0.2) is 30.6 Å². The van der Waals surface area contributed by atoms with E-state index in [1.807, 2.05) is 32.9 Å². The molecule has 3 heterocycles. The molecule has 28 heavy (non-hydrogen) atoms. The number of aromatic nitrogens is 2. The van der Waals surface area contributed by atoms with Crippen LogP contribution < -0.4 is 5.32 Å². The Bertz CT molecular complexity index is 922. The van der Waals surface area contributed by atoms with Crippen molar-refractivity contribution in [2.45, 2.75) is 38.8 Å². The molecular weight excluding hydrogens is 378 g/mol. The molecule has 2 aromatic heterocycles. The average molecular weight is 402 g/mol. The number of amides is 1. The van der Waals surface area contributed by atoms with Crippen LogP contribution in [-0.2, 0) is 4.74 Å². The van der Waals surface area contributed by atoms with Crippen molar-refractivity contribution in [1.29, 1.82) is 5.41 Å². The van der Waals surface area contributed by atoms with Gasteiger partial charge < -0.3 is 20.4 Å². The van der Waals surface area contributed by atoms with Gasteiger partial charge in [0.25, 0.3) is 0 Å². The zero-order valence-corrected chi connectivity index (χ0v) is 17.0. The van der Waals surface area contributed by atoms with Gasteiger partial charge in [-0.15, -0.1) is 0 Å². The number of likely N-dealkylation sites (tertiary alicyclic amines) is 1. The number of ether oxygens (including phenoxy) is 1. The van der Waals surface area contributed by atoms with Gasteiger partial charge in [-0.25, -0.2) is 9.78 Å². The maximum Gasteiger partial charge on any atom is 0.410 e. The van der Waals surface area contributed by atoms with Crippen LogP contribution in [0.5, 0.6) is 0 Å². The number of rotatable bonds is 4. The molecule has 2 N–H and O–H groups in total. The van der Waals surface area contributed by atoms with Gasteiger partial charge in [-0.05, 0) is 45.4 Å². The minimum absolute atomic E-state index is 0.100. The second kappa shape index (κ2) is 8.14. The number of pyridine rings is 2. The molecule has 0 radical (unpaired) electrons. The number of fused-ring (bicyclic) bond motifs is 1. The van der Waals surface area contributed by atoms with Crippen molar-refractivity contribution in [3.8, 4) is 0 Å². The zero-order chi connectivity index (χ0) is 20.3. The van der Waals surface area contributed by atoms with Crippen molar-refractivity contribution in [1.82, 2.24) is 20.2 Å². The first kappa shape index (κ1) is 20.1. The lowest BCUT2D eigenvalue weighted by Gasteiger charge is -2.24. The summed E-state index contributed by atoms with van der Waals surface area (Å²) in [6, 6.07) is 5.46. The Labute approximate surface area is 169 Å². The number of hydrogen-bond donors (Lipinski definition) is 2. The van der Waals surface area contributed by atoms with E-state index >= 15 is 0 Å². The number of carbonyl (C=O) groups is 1. The van der Waals surface area contributed by atoms with Crippen LogP contribution in [0.4, 0.5) is 4.79 Å². The quantitative estimate of drug-likeness (QED) is 0.599. The molecule has 3 rings (SSSR count). The molecule has 7 nitrogen and oxygen atoms in total. The Morgan fingerprint density at radius 2 is 2.18 bits per heavy atom. The number of nitrogens with zero attached hydrogens (tertiary/aromatic N) is 3. The number of hydrogen-bond acceptors (Lipinski definition) is 6. The van der Waals surface area contributed by atoms with Crippen LogP contribution >= 0.6 is 11.6 Å². The monoisotopic (exact) mass is 401 g/mol. The van der Waals surface area contributed by atoms with Gasteiger partial charge in [0.1, 0.15) is 10.8 Å². The van der Waals surface area contributed by atoms with Crippen molar-refractivity contribution in [3.05, 3.63) is 41.3 Å². The second-order valence-electron chi connectivity index (χ2n) is 7.72. The van der Waals surface area contributed by atoms with Crippen LogP contribution in [0.2, 0.25) is 5.15 Å². The summed E-state index contributed by atoms with van der Waals surface area (Å²) in [6.45, 7) is 6.77. The van der Waals surface area contributed by atoms with E-state index in [4.69, 9.17) is 21.7 Å². The van der Waals surface area contributed by atoms with Gasteiger partial charge in [-0.2, -0.15) is 0 Å². The Morgan fingerprint density at radius 1 is 1.39 bits per heavy atom. The van der Waals surface area contributed by atoms with Crippen molar-refractivity contribution in [2.24, 2.45) is 0 Å². The molecular formula is C20H24ClN5O2. The minimum Gasteiger partial charge on any atom is -0.444 e. The molecule has 1 aliphatic rings. The summed E-state index contributed by atoms with van der Waals surface area (Å²) in [4.78, 5) is 22.5. The second-order valence-corrected chi connectivity index (χ2v) is 8.11. The molecule has 1 saturated heterocycles. The maximum absolute atomic E-state index is 12.2. The first-order valence-electron chi connectivity index (χ1n) is 9.12. The smallest absolute Gasteiger partial charge is 0.410 e. The molecule has 0 saturated carbocycles. The van der Waals surface area contributed by atoms with Crippen LogP contribution in [-0.4, -0.2) is 51.9 Å². The van der Waals surface area contributed by atoms with Crippen LogP contribution in [0, 0.1) is 5.41 Å². The Kier molecular flexibility index (Phi) is 5.84. The predicted octanol–water partition coefficient (Wildman–Crippen LogP) is 3.87. The summed E-state index contributed by atoms with van der Waals surface area (Å²) in [5.41, 5.74) is 2.36. The molecule has 0 unspecified atom stereocenters. The van der Waals surface area contributed by atoms with E-state index in [0.717, 1.165) is 17.5 Å². The van der Waals surface area contributed by atoms with Gasteiger partial charge in [0.2, 0.25) is 0 Å². The highest BCUT2D eigenvalue weighted by atomic mass is 35.5. The van der Waals surface area contributed by atoms with Crippen molar-refractivity contribution in [3.63, 3.8) is 0 Å². The Hall–Kier alpha value is -2.67. The highest BCUT2D eigenvalue weighted by Gasteiger charge is 2.29. The average Bonchev–Trinajstić information content (AvgIpc) is 3.09. The number of halogens is 1. The fourth-order valence-electron chi connectivity index (χ4n) is 2.94. The molecule has 0 bridgehead atoms. The topological polar surface area (TPSA) is 91.2 Å². The minimum atomic E-state index is -0.504. The SMILES string of the molecule is CC(C)(C)OC(=O)N1CC[C@H](N/C=C(\C=N)c2cnc3ccc(Cl)nc3c2)C1. The van der Waals surface area contributed by atoms with E-state index in [1.54, 1.807) is 23.4 Å². The van der Waals surface area contributed by atoms with Crippen LogP contribution in [0.3, 0.4) is 0 Å². The van der Waals surface area contributed by atoms with E-state index in [9.17, 15) is 4.79 Å². The molecule has 1 aliphatic heterocycles. The molecule has 1 fully saturated rings. The molecule has 1 atom stereocenters. The first-order valence-corrected chi connectivity index (χ1v) is 9.50. The molecule has 8 heteroatoms. The van der Waals surface area contributed by atoms with Crippen molar-refractivity contribution >= 4 is 40.5 Å². The summed E-state index contributed by atoms with van der Waals surface area (Å²) >= 11 is 5.96. The third-order valence-electron chi connectivity index (χ3n) is 4.31. The van der Waals surface area contributed by atoms with Gasteiger partial charge >= 0.3 is 6.09 Å². The van der Waals surface area contributed by atoms with Gasteiger partial charge in [0, 0.05) is 48.9 Å². The number of nitrogens with one attached hydrogen (secondary N) is 2. The lowest BCUT2D eigenvalue weighted by molar-refractivity contribution is 0.0291. The molecule has 0 aliphatic carbocycles. The predicted molar refractivity (Wildman–Crippen MR) is 111 cm³/mol. The van der Waals surface area contributed by atoms with E-state index in [0.29, 0.717) is 29.3 Å². The Balaban J connectivity index is 1.67. The summed E-state index contributed by atoms with van der Waals surface area (Å²) in [6.07, 6.45) is 5.27. The molecule has 1 amide bonds. The van der Waals surface area contributed by atoms with Crippen LogP contribution in [0.1, 0.15) is 32.8 Å². The lowest BCUT2D eigenvalue weighted by Crippen LogP contribution is -2.37. The molecule has 148 valence electrons. The third-order valence-corrected chi connectivity index (χ3v) is 4.52. The summed E-state index contributed by atoms with van der Waals surface area (Å²) in [5, 5.41) is 11.4. The van der Waals surface area contributed by atoms with E-state index in [-0.39, 0.29) is 12.1 Å². The van der Waals surface area contributed by atoms with E-state index in [2.05, 4.69) is 15.3 Å². The standard InChI is InChI=1S/C20H24ClN5O2/c1-20(2,3)28-19(27)26-7-6-15(12-26)23-11-14(9-22)13-8-17-16(24-10-13)4-5-18(21)25-17/h4-5,8-11,15,22-23H,6-7,12H2,1-3H3/b14-11+,22-9?/t15-/m0/s1. The summed E-state index contributed by atoms with van der Waals surface area (Å²) in [7, 11) is 0. The highest BCUT2D eigenvalue weighted by molar-refractivity contribution is 6.29. The third kappa shape index (κ3) is 4.98. The molecule has 0 aromatic carbocycles. The van der Waals surface area contributed by atoms with Gasteiger partial charge in [0.15, 0.2) is 0 Å². The number of carbonyl (C=O) groups excluding carboxylic acids is 1. The maximum atomic E-state index is 12.2. The van der Waals surface area contributed by atoms with E-state index in [1.165, 1.54) is 6.21 Å². The Morgan fingerprint density at radius 3 is 2.89 bits per heavy atom. The summed E-state index contributed by atoms with van der Waals surface area (Å²) in [5.74, 6) is 0. The normalized spacial score (nSPS) is 17.6. The van der Waals surface area contributed by atoms with Crippen LogP contribution in [0.25, 0.3) is 16.6 Å². The summed E-state index contributed by atoms with van der Waals surface area (Å²) < 4.78 is 5.42. The largest absolute Gasteiger partial charge is 0.444 e.